The lowest BCUT2D eigenvalue weighted by molar-refractivity contribution is -0.131. The van der Waals surface area contributed by atoms with Crippen LogP contribution in [-0.4, -0.2) is 36.6 Å². The molecule has 3 rings (SSSR count). The quantitative estimate of drug-likeness (QED) is 0.745. The fraction of sp³-hybridized carbons (Fsp3) is 0.524. The van der Waals surface area contributed by atoms with E-state index >= 15 is 0 Å². The zero-order valence-corrected chi connectivity index (χ0v) is 16.6. The molecule has 1 aliphatic rings. The van der Waals surface area contributed by atoms with Crippen LogP contribution >= 0.6 is 0 Å². The number of hydrogen-bond donors (Lipinski definition) is 0. The van der Waals surface area contributed by atoms with E-state index in [2.05, 4.69) is 18.8 Å². The van der Waals surface area contributed by atoms with E-state index in [4.69, 9.17) is 13.9 Å². The maximum absolute atomic E-state index is 12.8. The standard InChI is InChI=1S/C21H28N2O4/c1-14(2)5-8-20-22-17-13-23(10-9-18(17)27-20)21(24)11-15-6-7-16(25-3)12-19(15)26-4/h6-7,12,14H,5,8-11,13H2,1-4H3. The molecule has 6 nitrogen and oxygen atoms in total. The van der Waals surface area contributed by atoms with Gasteiger partial charge in [0.2, 0.25) is 5.91 Å². The second-order valence-corrected chi connectivity index (χ2v) is 7.33. The normalized spacial score (nSPS) is 13.6. The summed E-state index contributed by atoms with van der Waals surface area (Å²) in [6.45, 7) is 5.55. The van der Waals surface area contributed by atoms with Crippen LogP contribution in [-0.2, 0) is 30.6 Å². The Labute approximate surface area is 160 Å². The predicted molar refractivity (Wildman–Crippen MR) is 102 cm³/mol. The van der Waals surface area contributed by atoms with Gasteiger partial charge in [0, 0.05) is 31.0 Å². The van der Waals surface area contributed by atoms with Crippen molar-refractivity contribution in [3.63, 3.8) is 0 Å². The first-order valence-corrected chi connectivity index (χ1v) is 9.46. The van der Waals surface area contributed by atoms with Crippen LogP contribution in [0.3, 0.4) is 0 Å². The molecular weight excluding hydrogens is 344 g/mol. The van der Waals surface area contributed by atoms with E-state index < -0.39 is 0 Å². The average molecular weight is 372 g/mol. The second-order valence-electron chi connectivity index (χ2n) is 7.33. The van der Waals surface area contributed by atoms with Crippen LogP contribution in [0.4, 0.5) is 0 Å². The minimum Gasteiger partial charge on any atom is -0.497 e. The minimum atomic E-state index is 0.0656. The fourth-order valence-electron chi connectivity index (χ4n) is 3.26. The van der Waals surface area contributed by atoms with Crippen LogP contribution in [0, 0.1) is 5.92 Å². The summed E-state index contributed by atoms with van der Waals surface area (Å²) in [5, 5.41) is 0. The first kappa shape index (κ1) is 19.3. The second kappa shape index (κ2) is 8.46. The topological polar surface area (TPSA) is 64.8 Å². The van der Waals surface area contributed by atoms with Crippen molar-refractivity contribution in [3.05, 3.63) is 41.1 Å². The molecule has 0 spiro atoms. The van der Waals surface area contributed by atoms with Crippen molar-refractivity contribution < 1.29 is 18.7 Å². The number of aryl methyl sites for hydroxylation is 1. The Bertz CT molecular complexity index is 797. The number of nitrogens with zero attached hydrogens (tertiary/aromatic N) is 2. The first-order chi connectivity index (χ1) is 13.0. The molecule has 6 heteroatoms. The molecule has 0 saturated carbocycles. The van der Waals surface area contributed by atoms with Gasteiger partial charge in [-0.05, 0) is 18.4 Å². The summed E-state index contributed by atoms with van der Waals surface area (Å²) in [5.41, 5.74) is 1.75. The molecule has 1 amide bonds. The molecule has 27 heavy (non-hydrogen) atoms. The highest BCUT2D eigenvalue weighted by Crippen LogP contribution is 2.27. The van der Waals surface area contributed by atoms with Gasteiger partial charge < -0.3 is 18.8 Å². The van der Waals surface area contributed by atoms with E-state index in [0.717, 1.165) is 42.2 Å². The van der Waals surface area contributed by atoms with Crippen LogP contribution < -0.4 is 9.47 Å². The number of aromatic nitrogens is 1. The zero-order valence-electron chi connectivity index (χ0n) is 16.6. The molecule has 0 aliphatic carbocycles. The molecule has 146 valence electrons. The summed E-state index contributed by atoms with van der Waals surface area (Å²) in [7, 11) is 3.21. The third-order valence-corrected chi connectivity index (χ3v) is 4.90. The molecule has 0 saturated heterocycles. The molecule has 2 heterocycles. The summed E-state index contributed by atoms with van der Waals surface area (Å²) in [6.07, 6.45) is 2.91. The number of methoxy groups -OCH3 is 2. The van der Waals surface area contributed by atoms with Gasteiger partial charge in [-0.1, -0.05) is 19.9 Å². The maximum Gasteiger partial charge on any atom is 0.227 e. The molecule has 0 fully saturated rings. The number of carbonyl (C=O) groups is 1. The number of fused-ring (bicyclic) bond motifs is 1. The number of rotatable bonds is 7. The van der Waals surface area contributed by atoms with Crippen LogP contribution in [0.25, 0.3) is 0 Å². The number of benzene rings is 1. The van der Waals surface area contributed by atoms with E-state index in [1.807, 2.05) is 17.0 Å². The van der Waals surface area contributed by atoms with Crippen molar-refractivity contribution >= 4 is 5.91 Å². The van der Waals surface area contributed by atoms with E-state index in [1.165, 1.54) is 0 Å². The monoisotopic (exact) mass is 372 g/mol. The van der Waals surface area contributed by atoms with Gasteiger partial charge in [-0.2, -0.15) is 0 Å². The Morgan fingerprint density at radius 1 is 1.30 bits per heavy atom. The number of ether oxygens (including phenoxy) is 2. The van der Waals surface area contributed by atoms with E-state index in [1.54, 1.807) is 20.3 Å². The molecule has 0 atom stereocenters. The van der Waals surface area contributed by atoms with Crippen LogP contribution in [0.2, 0.25) is 0 Å². The lowest BCUT2D eigenvalue weighted by Gasteiger charge is -2.25. The molecule has 0 N–H and O–H groups in total. The molecule has 0 radical (unpaired) electrons. The Morgan fingerprint density at radius 3 is 2.81 bits per heavy atom. The zero-order chi connectivity index (χ0) is 19.4. The van der Waals surface area contributed by atoms with E-state index in [-0.39, 0.29) is 5.91 Å². The Morgan fingerprint density at radius 2 is 2.11 bits per heavy atom. The highest BCUT2D eigenvalue weighted by Gasteiger charge is 2.26. The summed E-state index contributed by atoms with van der Waals surface area (Å²) in [6, 6.07) is 5.53. The highest BCUT2D eigenvalue weighted by molar-refractivity contribution is 5.79. The van der Waals surface area contributed by atoms with Gasteiger partial charge in [0.1, 0.15) is 23.0 Å². The minimum absolute atomic E-state index is 0.0656. The van der Waals surface area contributed by atoms with Gasteiger partial charge >= 0.3 is 0 Å². The van der Waals surface area contributed by atoms with Crippen molar-refractivity contribution in [3.8, 4) is 11.5 Å². The molecule has 0 unspecified atom stereocenters. The van der Waals surface area contributed by atoms with Gasteiger partial charge in [0.15, 0.2) is 5.89 Å². The first-order valence-electron chi connectivity index (χ1n) is 9.46. The molecule has 1 aromatic heterocycles. The van der Waals surface area contributed by atoms with Crippen molar-refractivity contribution in [2.24, 2.45) is 5.92 Å². The number of amides is 1. The van der Waals surface area contributed by atoms with Crippen LogP contribution in [0.15, 0.2) is 22.6 Å². The maximum atomic E-state index is 12.8. The summed E-state index contributed by atoms with van der Waals surface area (Å²) in [4.78, 5) is 19.3. The molecule has 2 aromatic rings. The Balaban J connectivity index is 1.65. The van der Waals surface area contributed by atoms with Crippen molar-refractivity contribution in [2.75, 3.05) is 20.8 Å². The summed E-state index contributed by atoms with van der Waals surface area (Å²) >= 11 is 0. The molecule has 0 bridgehead atoms. The molecular formula is C21H28N2O4. The smallest absolute Gasteiger partial charge is 0.227 e. The molecule has 1 aliphatic heterocycles. The van der Waals surface area contributed by atoms with Crippen molar-refractivity contribution in [2.45, 2.75) is 46.1 Å². The third-order valence-electron chi connectivity index (χ3n) is 4.90. The van der Waals surface area contributed by atoms with Gasteiger partial charge in [-0.15, -0.1) is 0 Å². The highest BCUT2D eigenvalue weighted by atomic mass is 16.5. The Kier molecular flexibility index (Phi) is 6.04. The van der Waals surface area contributed by atoms with E-state index in [0.29, 0.717) is 36.9 Å². The molecule has 1 aromatic carbocycles. The predicted octanol–water partition coefficient (Wildman–Crippen LogP) is 3.41. The van der Waals surface area contributed by atoms with Crippen LogP contribution in [0.5, 0.6) is 11.5 Å². The number of oxazole rings is 1. The fourth-order valence-corrected chi connectivity index (χ4v) is 3.26. The lowest BCUT2D eigenvalue weighted by atomic mass is 10.1. The third kappa shape index (κ3) is 4.62. The van der Waals surface area contributed by atoms with Gasteiger partial charge in [-0.25, -0.2) is 4.98 Å². The Hall–Kier alpha value is -2.50. The van der Waals surface area contributed by atoms with Crippen molar-refractivity contribution in [1.29, 1.82) is 0 Å². The number of hydrogen-bond acceptors (Lipinski definition) is 5. The lowest BCUT2D eigenvalue weighted by Crippen LogP contribution is -2.36. The largest absolute Gasteiger partial charge is 0.497 e. The van der Waals surface area contributed by atoms with Crippen molar-refractivity contribution in [1.82, 2.24) is 9.88 Å². The summed E-state index contributed by atoms with van der Waals surface area (Å²) in [5.74, 6) is 3.78. The van der Waals surface area contributed by atoms with E-state index in [9.17, 15) is 4.79 Å². The van der Waals surface area contributed by atoms with Gasteiger partial charge in [0.05, 0.1) is 27.2 Å². The van der Waals surface area contributed by atoms with Crippen LogP contribution in [0.1, 0.15) is 43.2 Å². The average Bonchev–Trinajstić information content (AvgIpc) is 3.08. The SMILES string of the molecule is COc1ccc(CC(=O)N2CCc3oc(CCC(C)C)nc3C2)c(OC)c1. The van der Waals surface area contributed by atoms with Gasteiger partial charge in [-0.3, -0.25) is 4.79 Å². The van der Waals surface area contributed by atoms with Gasteiger partial charge in [0.25, 0.3) is 0 Å². The summed E-state index contributed by atoms with van der Waals surface area (Å²) < 4.78 is 16.5. The number of carbonyl (C=O) groups excluding carboxylic acids is 1.